The van der Waals surface area contributed by atoms with E-state index in [0.29, 0.717) is 5.95 Å². The van der Waals surface area contributed by atoms with Gasteiger partial charge >= 0.3 is 0 Å². The van der Waals surface area contributed by atoms with Gasteiger partial charge < -0.3 is 5.73 Å². The minimum atomic E-state index is 0.484. The largest absolute Gasteiger partial charge is 0.369 e. The van der Waals surface area contributed by atoms with Crippen LogP contribution in [0.2, 0.25) is 0 Å². The molecule has 1 heterocycles. The maximum atomic E-state index is 5.70. The van der Waals surface area contributed by atoms with Crippen molar-refractivity contribution >= 4 is 21.9 Å². The molecule has 0 saturated carbocycles. The van der Waals surface area contributed by atoms with Crippen LogP contribution in [0.5, 0.6) is 0 Å². The first-order valence-corrected chi connectivity index (χ1v) is 4.62. The number of halogens is 1. The van der Waals surface area contributed by atoms with E-state index in [0.717, 1.165) is 10.3 Å². The van der Waals surface area contributed by atoms with Crippen LogP contribution in [0.25, 0.3) is 5.69 Å². The maximum absolute atomic E-state index is 5.70. The molecule has 4 heteroatoms. The van der Waals surface area contributed by atoms with Gasteiger partial charge in [0, 0.05) is 5.69 Å². The highest BCUT2D eigenvalue weighted by atomic mass is 79.9. The number of nitrogen functional groups attached to an aromatic ring is 1. The van der Waals surface area contributed by atoms with Gasteiger partial charge in [0.2, 0.25) is 5.95 Å². The van der Waals surface area contributed by atoms with Crippen molar-refractivity contribution in [1.82, 2.24) is 9.55 Å². The smallest absolute Gasteiger partial charge is 0.205 e. The van der Waals surface area contributed by atoms with Gasteiger partial charge in [-0.3, -0.25) is 4.57 Å². The molecular weight excluding hydrogens is 230 g/mol. The van der Waals surface area contributed by atoms with Gasteiger partial charge in [-0.25, -0.2) is 4.98 Å². The Balaban J connectivity index is 2.59. The molecule has 1 aromatic carbocycles. The van der Waals surface area contributed by atoms with Crippen molar-refractivity contribution in [3.63, 3.8) is 0 Å². The number of imidazole rings is 1. The molecule has 13 heavy (non-hydrogen) atoms. The van der Waals surface area contributed by atoms with Crippen LogP contribution in [0.1, 0.15) is 0 Å². The molecule has 0 aliphatic heterocycles. The highest BCUT2D eigenvalue weighted by Crippen LogP contribution is 2.20. The highest BCUT2D eigenvalue weighted by molar-refractivity contribution is 9.10. The quantitative estimate of drug-likeness (QED) is 0.827. The number of benzene rings is 1. The maximum Gasteiger partial charge on any atom is 0.205 e. The molecule has 2 N–H and O–H groups in total. The lowest BCUT2D eigenvalue weighted by Crippen LogP contribution is -2.00. The lowest BCUT2D eigenvalue weighted by Gasteiger charge is -2.04. The van der Waals surface area contributed by atoms with Crippen LogP contribution in [0.4, 0.5) is 5.95 Å². The molecule has 2 rings (SSSR count). The number of anilines is 1. The van der Waals surface area contributed by atoms with Gasteiger partial charge in [0.25, 0.3) is 0 Å². The average molecular weight is 238 g/mol. The molecule has 0 unspecified atom stereocenters. The summed E-state index contributed by atoms with van der Waals surface area (Å²) in [4.78, 5) is 3.99. The monoisotopic (exact) mass is 237 g/mol. The zero-order chi connectivity index (χ0) is 9.26. The Hall–Kier alpha value is -1.29. The summed E-state index contributed by atoms with van der Waals surface area (Å²) in [5.74, 6) is 0.484. The Morgan fingerprint density at radius 3 is 2.46 bits per heavy atom. The van der Waals surface area contributed by atoms with Gasteiger partial charge in [-0.15, -0.1) is 0 Å². The molecule has 0 atom stereocenters. The topological polar surface area (TPSA) is 43.8 Å². The number of nitrogens with zero attached hydrogens (tertiary/aromatic N) is 2. The van der Waals surface area contributed by atoms with Crippen LogP contribution in [0.3, 0.4) is 0 Å². The lowest BCUT2D eigenvalue weighted by molar-refractivity contribution is 1.05. The Labute approximate surface area is 84.3 Å². The molecule has 0 radical (unpaired) electrons. The molecule has 0 spiro atoms. The van der Waals surface area contributed by atoms with E-state index >= 15 is 0 Å². The standard InChI is InChI=1S/C9H8BrN3/c10-8-6-12-9(11)13(8)7-4-2-1-3-5-7/h1-6H,(H2,11,12). The number of hydrogen-bond acceptors (Lipinski definition) is 2. The van der Waals surface area contributed by atoms with Crippen LogP contribution >= 0.6 is 15.9 Å². The third kappa shape index (κ3) is 1.45. The van der Waals surface area contributed by atoms with Crippen molar-refractivity contribution in [3.8, 4) is 5.69 Å². The van der Waals surface area contributed by atoms with Crippen LogP contribution in [0, 0.1) is 0 Å². The zero-order valence-electron chi connectivity index (χ0n) is 6.81. The van der Waals surface area contributed by atoms with Crippen molar-refractivity contribution in [1.29, 1.82) is 0 Å². The molecule has 0 saturated heterocycles. The van der Waals surface area contributed by atoms with Crippen LogP contribution in [-0.2, 0) is 0 Å². The zero-order valence-corrected chi connectivity index (χ0v) is 8.40. The number of aromatic nitrogens is 2. The second-order valence-electron chi connectivity index (χ2n) is 2.61. The SMILES string of the molecule is Nc1ncc(Br)n1-c1ccccc1. The third-order valence-corrected chi connectivity index (χ3v) is 2.32. The molecule has 2 aromatic rings. The Morgan fingerprint density at radius 2 is 1.92 bits per heavy atom. The summed E-state index contributed by atoms with van der Waals surface area (Å²) in [7, 11) is 0. The van der Waals surface area contributed by atoms with E-state index in [1.54, 1.807) is 6.20 Å². The predicted octanol–water partition coefficient (Wildman–Crippen LogP) is 2.22. The molecule has 3 nitrogen and oxygen atoms in total. The summed E-state index contributed by atoms with van der Waals surface area (Å²) in [6, 6.07) is 9.83. The Bertz CT molecular complexity index is 389. The molecular formula is C9H8BrN3. The van der Waals surface area contributed by atoms with Gasteiger partial charge in [0.1, 0.15) is 4.60 Å². The first-order chi connectivity index (χ1) is 6.29. The molecule has 0 aliphatic carbocycles. The van der Waals surface area contributed by atoms with E-state index in [-0.39, 0.29) is 0 Å². The predicted molar refractivity (Wildman–Crippen MR) is 55.7 cm³/mol. The third-order valence-electron chi connectivity index (χ3n) is 1.76. The first kappa shape index (κ1) is 8.31. The molecule has 0 bridgehead atoms. The van der Waals surface area contributed by atoms with E-state index in [2.05, 4.69) is 20.9 Å². The second-order valence-corrected chi connectivity index (χ2v) is 3.42. The molecule has 0 fully saturated rings. The lowest BCUT2D eigenvalue weighted by atomic mass is 10.3. The van der Waals surface area contributed by atoms with Crippen LogP contribution in [0.15, 0.2) is 41.1 Å². The highest BCUT2D eigenvalue weighted by Gasteiger charge is 2.05. The summed E-state index contributed by atoms with van der Waals surface area (Å²) in [6.45, 7) is 0. The van der Waals surface area contributed by atoms with Crippen LogP contribution < -0.4 is 5.73 Å². The summed E-state index contributed by atoms with van der Waals surface area (Å²) in [6.07, 6.45) is 1.68. The van der Waals surface area contributed by atoms with Gasteiger partial charge in [0.15, 0.2) is 0 Å². The van der Waals surface area contributed by atoms with Crippen LogP contribution in [-0.4, -0.2) is 9.55 Å². The van der Waals surface area contributed by atoms with E-state index < -0.39 is 0 Å². The Kier molecular flexibility index (Phi) is 2.06. The Morgan fingerprint density at radius 1 is 1.23 bits per heavy atom. The fourth-order valence-electron chi connectivity index (χ4n) is 1.18. The van der Waals surface area contributed by atoms with Gasteiger partial charge in [-0.1, -0.05) is 18.2 Å². The second kappa shape index (κ2) is 3.22. The average Bonchev–Trinajstić information content (AvgIpc) is 2.48. The molecule has 1 aromatic heterocycles. The van der Waals surface area contributed by atoms with Crippen molar-refractivity contribution in [3.05, 3.63) is 41.1 Å². The fourth-order valence-corrected chi connectivity index (χ4v) is 1.67. The van der Waals surface area contributed by atoms with Crippen molar-refractivity contribution in [2.24, 2.45) is 0 Å². The minimum Gasteiger partial charge on any atom is -0.369 e. The summed E-state index contributed by atoms with van der Waals surface area (Å²) in [5, 5.41) is 0. The summed E-state index contributed by atoms with van der Waals surface area (Å²) in [5.41, 5.74) is 6.70. The van der Waals surface area contributed by atoms with E-state index in [4.69, 9.17) is 5.73 Å². The normalized spacial score (nSPS) is 10.2. The van der Waals surface area contributed by atoms with Crippen molar-refractivity contribution in [2.45, 2.75) is 0 Å². The van der Waals surface area contributed by atoms with E-state index in [9.17, 15) is 0 Å². The minimum absolute atomic E-state index is 0.484. The first-order valence-electron chi connectivity index (χ1n) is 3.83. The van der Waals surface area contributed by atoms with Gasteiger partial charge in [-0.05, 0) is 28.1 Å². The van der Waals surface area contributed by atoms with E-state index in [1.807, 2.05) is 34.9 Å². The van der Waals surface area contributed by atoms with Crippen molar-refractivity contribution in [2.75, 3.05) is 5.73 Å². The molecule has 66 valence electrons. The number of hydrogen-bond donors (Lipinski definition) is 1. The molecule has 0 aliphatic rings. The van der Waals surface area contributed by atoms with Gasteiger partial charge in [-0.2, -0.15) is 0 Å². The number of rotatable bonds is 1. The number of para-hydroxylation sites is 1. The fraction of sp³-hybridized carbons (Fsp3) is 0. The molecule has 0 amide bonds. The number of nitrogens with two attached hydrogens (primary N) is 1. The van der Waals surface area contributed by atoms with Crippen molar-refractivity contribution < 1.29 is 0 Å². The summed E-state index contributed by atoms with van der Waals surface area (Å²) < 4.78 is 2.69. The van der Waals surface area contributed by atoms with E-state index in [1.165, 1.54) is 0 Å². The van der Waals surface area contributed by atoms with Gasteiger partial charge in [0.05, 0.1) is 6.20 Å². The summed E-state index contributed by atoms with van der Waals surface area (Å²) >= 11 is 3.37.